The molecule has 4 aromatic heterocycles. The summed E-state index contributed by atoms with van der Waals surface area (Å²) in [4.78, 5) is 62.6. The number of carbonyl (C=O) groups excluding carboxylic acids is 3. The molecule has 2 saturated heterocycles. The molecule has 2 aromatic carbocycles. The Morgan fingerprint density at radius 1 is 0.629 bits per heavy atom. The minimum Gasteiger partial charge on any atom is -0.494 e. The van der Waals surface area contributed by atoms with Crippen molar-refractivity contribution in [3.8, 4) is 22.9 Å². The van der Waals surface area contributed by atoms with Gasteiger partial charge in [0.25, 0.3) is 0 Å². The molecule has 1 N–H and O–H groups in total. The third-order valence-corrected chi connectivity index (χ3v) is 12.8. The normalized spacial score (nSPS) is 14.8. The van der Waals surface area contributed by atoms with E-state index in [1.807, 2.05) is 71.9 Å². The summed E-state index contributed by atoms with van der Waals surface area (Å²) >= 11 is 6.87. The Morgan fingerprint density at radius 2 is 1.03 bits per heavy atom. The highest BCUT2D eigenvalue weighted by molar-refractivity contribution is 9.10. The number of likely N-dealkylation sites (tertiary alicyclic amines) is 2. The number of carboxylic acid groups (broad SMARTS) is 1. The number of pyridine rings is 2. The molecule has 0 unspecified atom stereocenters. The number of rotatable bonds is 9. The van der Waals surface area contributed by atoms with Crippen LogP contribution in [0.5, 0.6) is 11.5 Å². The van der Waals surface area contributed by atoms with Crippen molar-refractivity contribution in [2.75, 3.05) is 47.0 Å². The largest absolute Gasteiger partial charge is 0.494 e. The molecule has 6 heterocycles. The molecule has 0 radical (unpaired) electrons. The summed E-state index contributed by atoms with van der Waals surface area (Å²) in [6.07, 6.45) is 5.65. The number of fused-ring (bicyclic) bond motifs is 2. The van der Waals surface area contributed by atoms with Crippen molar-refractivity contribution in [2.45, 2.75) is 97.2 Å². The van der Waals surface area contributed by atoms with Crippen LogP contribution in [0, 0.1) is 0 Å². The lowest BCUT2D eigenvalue weighted by molar-refractivity contribution is 0.0194. The van der Waals surface area contributed by atoms with E-state index < -0.39 is 23.1 Å². The second kappa shape index (κ2) is 21.4. The van der Waals surface area contributed by atoms with Crippen LogP contribution >= 0.6 is 31.9 Å². The van der Waals surface area contributed by atoms with Crippen molar-refractivity contribution in [1.29, 1.82) is 0 Å². The zero-order chi connectivity index (χ0) is 50.7. The van der Waals surface area contributed by atoms with Gasteiger partial charge in [0.1, 0.15) is 56.1 Å². The summed E-state index contributed by atoms with van der Waals surface area (Å²) in [5, 5.41) is 19.6. The van der Waals surface area contributed by atoms with Crippen LogP contribution < -0.4 is 9.47 Å². The van der Waals surface area contributed by atoms with Gasteiger partial charge < -0.3 is 38.6 Å². The number of nitrogens with zero attached hydrogens (tertiary/aromatic N) is 8. The Morgan fingerprint density at radius 3 is 1.40 bits per heavy atom. The summed E-state index contributed by atoms with van der Waals surface area (Å²) < 4.78 is 32.0. The van der Waals surface area contributed by atoms with Crippen LogP contribution in [0.25, 0.3) is 33.4 Å². The first kappa shape index (κ1) is 51.6. The fourth-order valence-corrected chi connectivity index (χ4v) is 9.31. The number of ether oxygens (including phenoxy) is 5. The molecule has 2 aliphatic heterocycles. The van der Waals surface area contributed by atoms with Crippen molar-refractivity contribution in [2.24, 2.45) is 0 Å². The number of carboxylic acids is 1. The molecule has 8 rings (SSSR count). The molecule has 2 amide bonds. The Balaban J connectivity index is 0.000000207. The van der Waals surface area contributed by atoms with Crippen molar-refractivity contribution < 1.29 is 48.0 Å². The highest BCUT2D eigenvalue weighted by atomic mass is 79.9. The number of benzene rings is 2. The molecule has 0 saturated carbocycles. The lowest BCUT2D eigenvalue weighted by Crippen LogP contribution is -2.41. The summed E-state index contributed by atoms with van der Waals surface area (Å²) in [5.41, 5.74) is 4.16. The number of carbonyl (C=O) groups is 4. The van der Waals surface area contributed by atoms with Crippen LogP contribution in [0.3, 0.4) is 0 Å². The zero-order valence-corrected chi connectivity index (χ0v) is 43.9. The molecule has 0 spiro atoms. The van der Waals surface area contributed by atoms with Gasteiger partial charge in [0.05, 0.1) is 20.8 Å². The van der Waals surface area contributed by atoms with Gasteiger partial charge in [-0.15, -0.1) is 0 Å². The Kier molecular flexibility index (Phi) is 15.7. The lowest BCUT2D eigenvalue weighted by Gasteiger charge is -2.33. The van der Waals surface area contributed by atoms with Gasteiger partial charge in [0.2, 0.25) is 0 Å². The maximum absolute atomic E-state index is 13.1. The number of halogens is 2. The van der Waals surface area contributed by atoms with Crippen molar-refractivity contribution >= 4 is 78.1 Å². The highest BCUT2D eigenvalue weighted by Crippen LogP contribution is 2.38. The standard InChI is InChI=1S/C26H31BrN4O5.C24H27BrN4O5/c1-6-35-24(32)23-22-21(29-31(23)19-8-7-17(27)15-20(19)34-5)18(9-12-28-22)16-10-13-30(14-11-16)25(33)36-26(2,3)4;1-24(2,3)34-23(32)28-11-8-14(9-12-28)16-7-10-26-20-19(16)27-29(21(20)22(30)31)17-6-5-15(25)13-18(17)33-4/h7-9,12,15-16H,6,10-11,13-14H2,1-5H3;5-7,10,13-14H,8-9,11-12H2,1-4H3,(H,30,31). The van der Waals surface area contributed by atoms with E-state index in [1.54, 1.807) is 59.1 Å². The fourth-order valence-electron chi connectivity index (χ4n) is 8.63. The first-order chi connectivity index (χ1) is 33.2. The molecular formula is C50H58Br2N8O10. The predicted octanol–water partition coefficient (Wildman–Crippen LogP) is 10.5. The van der Waals surface area contributed by atoms with E-state index >= 15 is 0 Å². The van der Waals surface area contributed by atoms with Crippen LogP contribution in [-0.4, -0.2) is 127 Å². The second-order valence-electron chi connectivity index (χ2n) is 18.9. The number of methoxy groups -OCH3 is 2. The zero-order valence-electron chi connectivity index (χ0n) is 40.7. The minimum absolute atomic E-state index is 0.0244. The topological polar surface area (TPSA) is 203 Å². The molecule has 0 aliphatic carbocycles. The van der Waals surface area contributed by atoms with Gasteiger partial charge in [-0.1, -0.05) is 31.9 Å². The monoisotopic (exact) mass is 1090 g/mol. The molecule has 372 valence electrons. The number of hydrogen-bond acceptors (Lipinski definition) is 13. The van der Waals surface area contributed by atoms with Crippen molar-refractivity contribution in [1.82, 2.24) is 39.3 Å². The fraction of sp³-hybridized carbons (Fsp3) is 0.440. The number of esters is 1. The summed E-state index contributed by atoms with van der Waals surface area (Å²) in [7, 11) is 3.09. The van der Waals surface area contributed by atoms with E-state index in [0.717, 1.165) is 45.8 Å². The third kappa shape index (κ3) is 11.5. The molecule has 0 atom stereocenters. The van der Waals surface area contributed by atoms with E-state index in [9.17, 15) is 24.3 Å². The number of piperidine rings is 2. The highest BCUT2D eigenvalue weighted by Gasteiger charge is 2.33. The maximum Gasteiger partial charge on any atom is 0.410 e. The quantitative estimate of drug-likeness (QED) is 0.106. The van der Waals surface area contributed by atoms with Crippen molar-refractivity contribution in [3.63, 3.8) is 0 Å². The number of hydrogen-bond donors (Lipinski definition) is 1. The summed E-state index contributed by atoms with van der Waals surface area (Å²) in [6, 6.07) is 14.7. The van der Waals surface area contributed by atoms with Gasteiger partial charge in [-0.3, -0.25) is 9.97 Å². The van der Waals surface area contributed by atoms with Crippen LogP contribution in [-0.2, 0) is 14.2 Å². The molecule has 0 bridgehead atoms. The molecule has 6 aromatic rings. The SMILES string of the molecule is CCOC(=O)c1c2nccc(C3CCN(C(=O)OC(C)(C)C)CC3)c2nn1-c1ccc(Br)cc1OC.COc1cc(Br)ccc1-n1nc2c(C3CCN(C(=O)OC(C)(C)C)CC3)ccnc2c1C(=O)O. The number of aromatic nitrogens is 6. The summed E-state index contributed by atoms with van der Waals surface area (Å²) in [5.74, 6) is -0.335. The Bertz CT molecular complexity index is 2910. The molecule has 70 heavy (non-hydrogen) atoms. The predicted molar refractivity (Wildman–Crippen MR) is 269 cm³/mol. The minimum atomic E-state index is -1.13. The second-order valence-corrected chi connectivity index (χ2v) is 20.7. The molecule has 2 fully saturated rings. The van der Waals surface area contributed by atoms with Crippen LogP contribution in [0.1, 0.15) is 118 Å². The average molecular weight is 1090 g/mol. The van der Waals surface area contributed by atoms with Gasteiger partial charge in [0, 0.05) is 47.5 Å². The molecule has 2 aliphatic rings. The Hall–Kier alpha value is -6.28. The third-order valence-electron chi connectivity index (χ3n) is 11.8. The van der Waals surface area contributed by atoms with Crippen molar-refractivity contribution in [3.05, 3.63) is 92.4 Å². The first-order valence-corrected chi connectivity index (χ1v) is 24.6. The van der Waals surface area contributed by atoms with Gasteiger partial charge in [-0.2, -0.15) is 10.2 Å². The summed E-state index contributed by atoms with van der Waals surface area (Å²) in [6.45, 7) is 15.4. The average Bonchev–Trinajstić information content (AvgIpc) is 3.90. The lowest BCUT2D eigenvalue weighted by atomic mass is 9.89. The van der Waals surface area contributed by atoms with Crippen LogP contribution in [0.2, 0.25) is 0 Å². The van der Waals surface area contributed by atoms with Crippen LogP contribution in [0.15, 0.2) is 69.9 Å². The molecule has 18 nitrogen and oxygen atoms in total. The van der Waals surface area contributed by atoms with Gasteiger partial charge in [0.15, 0.2) is 11.4 Å². The maximum atomic E-state index is 13.1. The molecular weight excluding hydrogens is 1030 g/mol. The first-order valence-electron chi connectivity index (χ1n) is 23.0. The van der Waals surface area contributed by atoms with E-state index in [-0.39, 0.29) is 42.0 Å². The van der Waals surface area contributed by atoms with E-state index in [2.05, 4.69) is 41.8 Å². The van der Waals surface area contributed by atoms with Gasteiger partial charge in [-0.05, 0) is 146 Å². The van der Waals surface area contributed by atoms with Gasteiger partial charge >= 0.3 is 24.1 Å². The smallest absolute Gasteiger partial charge is 0.410 e. The molecule has 20 heteroatoms. The number of amides is 2. The van der Waals surface area contributed by atoms with E-state index in [0.29, 0.717) is 71.1 Å². The van der Waals surface area contributed by atoms with E-state index in [1.165, 1.54) is 11.8 Å². The van der Waals surface area contributed by atoms with Crippen LogP contribution in [0.4, 0.5) is 9.59 Å². The van der Waals surface area contributed by atoms with Gasteiger partial charge in [-0.25, -0.2) is 28.5 Å². The Labute approximate surface area is 422 Å². The van der Waals surface area contributed by atoms with E-state index in [4.69, 9.17) is 33.9 Å². The number of aromatic carboxylic acids is 1.